The van der Waals surface area contributed by atoms with E-state index in [1.54, 1.807) is 0 Å². The van der Waals surface area contributed by atoms with Crippen LogP contribution in [0.3, 0.4) is 0 Å². The van der Waals surface area contributed by atoms with Crippen molar-refractivity contribution in [1.29, 1.82) is 0 Å². The summed E-state index contributed by atoms with van der Waals surface area (Å²) in [5.41, 5.74) is 19.2. The van der Waals surface area contributed by atoms with E-state index in [4.69, 9.17) is 9.97 Å². The molecular formula is C64H46N4. The van der Waals surface area contributed by atoms with Gasteiger partial charge in [-0.1, -0.05) is 188 Å². The summed E-state index contributed by atoms with van der Waals surface area (Å²) < 4.78 is 2.38. The maximum atomic E-state index is 5.11. The van der Waals surface area contributed by atoms with Crippen molar-refractivity contribution in [3.05, 3.63) is 266 Å². The molecule has 11 aromatic rings. The van der Waals surface area contributed by atoms with E-state index < -0.39 is 0 Å². The van der Waals surface area contributed by atoms with Gasteiger partial charge in [0, 0.05) is 51.1 Å². The lowest BCUT2D eigenvalue weighted by molar-refractivity contribution is 1.07. The van der Waals surface area contributed by atoms with Gasteiger partial charge in [0.2, 0.25) is 0 Å². The molecule has 0 unspecified atom stereocenters. The average molecular weight is 871 g/mol. The Morgan fingerprint density at radius 3 is 1.69 bits per heavy atom. The fourth-order valence-corrected chi connectivity index (χ4v) is 9.74. The molecule has 0 N–H and O–H groups in total. The first-order chi connectivity index (χ1) is 33.7. The number of hydrogen-bond acceptors (Lipinski definition) is 3. The van der Waals surface area contributed by atoms with Crippen LogP contribution in [0.5, 0.6) is 0 Å². The molecule has 0 bridgehead atoms. The number of fused-ring (bicyclic) bond motifs is 4. The zero-order valence-corrected chi connectivity index (χ0v) is 37.5. The molecule has 4 nitrogen and oxygen atoms in total. The molecule has 1 aliphatic heterocycles. The lowest BCUT2D eigenvalue weighted by Gasteiger charge is -2.26. The summed E-state index contributed by atoms with van der Waals surface area (Å²) in [6, 6.07) is 84.4. The summed E-state index contributed by atoms with van der Waals surface area (Å²) >= 11 is 0. The highest BCUT2D eigenvalue weighted by Gasteiger charge is 2.18. The van der Waals surface area contributed by atoms with E-state index in [-0.39, 0.29) is 0 Å². The largest absolute Gasteiger partial charge is 0.337 e. The van der Waals surface area contributed by atoms with Crippen molar-refractivity contribution >= 4 is 38.8 Å². The first kappa shape index (κ1) is 40.6. The second-order valence-corrected chi connectivity index (χ2v) is 17.3. The van der Waals surface area contributed by atoms with Crippen molar-refractivity contribution in [3.8, 4) is 61.8 Å². The maximum absolute atomic E-state index is 5.11. The number of para-hydroxylation sites is 3. The van der Waals surface area contributed by atoms with Gasteiger partial charge in [0.15, 0.2) is 5.82 Å². The molecular weight excluding hydrogens is 825 g/mol. The molecule has 322 valence electrons. The standard InChI is InChI=1S/C64H46N4/c1-4-18-46(19-5-1)59-44-60(66-64(65-59)48-21-6-2-7-22-48)54-27-15-25-51(41-54)49-23-14-24-50(40-49)52-26-16-31-56(42-52)67-39-17-28-45(35-36-47-20-10-12-33-61(47)67)53-37-38-63-58(43-53)57-32-11-13-34-62(57)68(63)55-29-8-3-9-30-55/h1-35,37-38,40-44H,36,39H2. The molecule has 0 saturated heterocycles. The smallest absolute Gasteiger partial charge is 0.160 e. The topological polar surface area (TPSA) is 34.0 Å². The lowest BCUT2D eigenvalue weighted by Crippen LogP contribution is -2.18. The van der Waals surface area contributed by atoms with Crippen LogP contribution in [0.15, 0.2) is 255 Å². The molecule has 0 aliphatic carbocycles. The molecule has 3 heterocycles. The molecule has 0 atom stereocenters. The summed E-state index contributed by atoms with van der Waals surface area (Å²) in [6.07, 6.45) is 7.83. The summed E-state index contributed by atoms with van der Waals surface area (Å²) in [5, 5.41) is 2.51. The van der Waals surface area contributed by atoms with Gasteiger partial charge in [-0.2, -0.15) is 0 Å². The number of benzene rings is 9. The summed E-state index contributed by atoms with van der Waals surface area (Å²) in [4.78, 5) is 12.6. The third kappa shape index (κ3) is 7.88. The molecule has 0 saturated carbocycles. The van der Waals surface area contributed by atoms with Crippen molar-refractivity contribution in [1.82, 2.24) is 14.5 Å². The van der Waals surface area contributed by atoms with E-state index in [1.807, 2.05) is 24.3 Å². The molecule has 4 heteroatoms. The number of hydrogen-bond donors (Lipinski definition) is 0. The van der Waals surface area contributed by atoms with Crippen LogP contribution in [0.25, 0.3) is 89.2 Å². The quantitative estimate of drug-likeness (QED) is 0.153. The Bertz CT molecular complexity index is 3620. The van der Waals surface area contributed by atoms with Gasteiger partial charge in [-0.3, -0.25) is 0 Å². The van der Waals surface area contributed by atoms with Gasteiger partial charge in [0.1, 0.15) is 0 Å². The molecule has 0 radical (unpaired) electrons. The van der Waals surface area contributed by atoms with Crippen LogP contribution in [0, 0.1) is 0 Å². The first-order valence-corrected chi connectivity index (χ1v) is 23.3. The minimum absolute atomic E-state index is 0.709. The van der Waals surface area contributed by atoms with Crippen LogP contribution in [-0.2, 0) is 6.42 Å². The van der Waals surface area contributed by atoms with E-state index in [0.29, 0.717) is 5.82 Å². The van der Waals surface area contributed by atoms with Gasteiger partial charge in [-0.25, -0.2) is 9.97 Å². The van der Waals surface area contributed by atoms with Gasteiger partial charge in [0.05, 0.1) is 22.4 Å². The van der Waals surface area contributed by atoms with E-state index in [1.165, 1.54) is 55.4 Å². The summed E-state index contributed by atoms with van der Waals surface area (Å²) in [7, 11) is 0. The number of aromatic nitrogens is 3. The van der Waals surface area contributed by atoms with Crippen LogP contribution in [-0.4, -0.2) is 21.1 Å². The normalized spacial score (nSPS) is 12.6. The molecule has 2 aromatic heterocycles. The molecule has 12 rings (SSSR count). The summed E-state index contributed by atoms with van der Waals surface area (Å²) in [6.45, 7) is 0.723. The second kappa shape index (κ2) is 17.8. The fraction of sp³-hybridized carbons (Fsp3) is 0.0312. The third-order valence-electron chi connectivity index (χ3n) is 13.1. The molecule has 0 spiro atoms. The Labute approximate surface area is 397 Å². The predicted molar refractivity (Wildman–Crippen MR) is 284 cm³/mol. The monoisotopic (exact) mass is 870 g/mol. The second-order valence-electron chi connectivity index (χ2n) is 17.3. The molecule has 0 amide bonds. The number of allylic oxidation sites excluding steroid dienone is 3. The van der Waals surface area contributed by atoms with E-state index in [0.717, 1.165) is 63.4 Å². The van der Waals surface area contributed by atoms with Gasteiger partial charge in [-0.05, 0) is 112 Å². The first-order valence-electron chi connectivity index (χ1n) is 23.3. The number of anilines is 2. The lowest BCUT2D eigenvalue weighted by atomic mass is 9.96. The van der Waals surface area contributed by atoms with E-state index in [2.05, 4.69) is 240 Å². The van der Waals surface area contributed by atoms with Gasteiger partial charge in [-0.15, -0.1) is 0 Å². The van der Waals surface area contributed by atoms with Gasteiger partial charge < -0.3 is 9.47 Å². The molecule has 1 aliphatic rings. The van der Waals surface area contributed by atoms with Crippen LogP contribution in [0.2, 0.25) is 0 Å². The van der Waals surface area contributed by atoms with E-state index >= 15 is 0 Å². The Morgan fingerprint density at radius 1 is 0.368 bits per heavy atom. The highest BCUT2D eigenvalue weighted by molar-refractivity contribution is 6.10. The highest BCUT2D eigenvalue weighted by Crippen LogP contribution is 2.38. The van der Waals surface area contributed by atoms with Crippen molar-refractivity contribution < 1.29 is 0 Å². The number of nitrogens with zero attached hydrogens (tertiary/aromatic N) is 4. The molecule has 0 fully saturated rings. The van der Waals surface area contributed by atoms with Crippen molar-refractivity contribution in [2.75, 3.05) is 11.4 Å². The van der Waals surface area contributed by atoms with Crippen molar-refractivity contribution in [2.24, 2.45) is 0 Å². The van der Waals surface area contributed by atoms with Crippen molar-refractivity contribution in [2.45, 2.75) is 6.42 Å². The van der Waals surface area contributed by atoms with Crippen LogP contribution in [0.1, 0.15) is 11.1 Å². The Kier molecular flexibility index (Phi) is 10.7. The minimum atomic E-state index is 0.709. The maximum Gasteiger partial charge on any atom is 0.160 e. The van der Waals surface area contributed by atoms with E-state index in [9.17, 15) is 0 Å². The van der Waals surface area contributed by atoms with Crippen LogP contribution >= 0.6 is 0 Å². The highest BCUT2D eigenvalue weighted by atomic mass is 15.1. The van der Waals surface area contributed by atoms with Crippen molar-refractivity contribution in [3.63, 3.8) is 0 Å². The SMILES string of the molecule is C1=CC(c2ccc3c(c2)c2ccccc2n3-c2ccccc2)=CCc2ccccc2N(c2cccc(-c3cccc(-c4cccc(-c5cc(-c6ccccc6)nc(-c6ccccc6)n5)c4)c3)c2)C1. The van der Waals surface area contributed by atoms with Crippen LogP contribution < -0.4 is 4.90 Å². The molecule has 9 aromatic carbocycles. The Morgan fingerprint density at radius 2 is 0.926 bits per heavy atom. The zero-order valence-electron chi connectivity index (χ0n) is 37.5. The Hall–Kier alpha value is -8.86. The molecule has 68 heavy (non-hydrogen) atoms. The summed E-state index contributed by atoms with van der Waals surface area (Å²) in [5.74, 6) is 0.709. The number of rotatable bonds is 8. The minimum Gasteiger partial charge on any atom is -0.337 e. The van der Waals surface area contributed by atoms with Gasteiger partial charge >= 0.3 is 0 Å². The predicted octanol–water partition coefficient (Wildman–Crippen LogP) is 16.2. The zero-order chi connectivity index (χ0) is 45.2. The van der Waals surface area contributed by atoms with Crippen LogP contribution in [0.4, 0.5) is 11.4 Å². The fourth-order valence-electron chi connectivity index (χ4n) is 9.74. The average Bonchev–Trinajstić information content (AvgIpc) is 3.79. The Balaban J connectivity index is 0.854. The third-order valence-corrected chi connectivity index (χ3v) is 13.1. The van der Waals surface area contributed by atoms with Gasteiger partial charge in [0.25, 0.3) is 0 Å².